The lowest BCUT2D eigenvalue weighted by Crippen LogP contribution is -2.44. The van der Waals surface area contributed by atoms with Gasteiger partial charge in [-0.25, -0.2) is 4.79 Å². The van der Waals surface area contributed by atoms with Crippen molar-refractivity contribution in [2.75, 3.05) is 19.7 Å². The van der Waals surface area contributed by atoms with Gasteiger partial charge in [-0.2, -0.15) is 0 Å². The van der Waals surface area contributed by atoms with Crippen LogP contribution in [0.15, 0.2) is 24.3 Å². The minimum absolute atomic E-state index is 0.298. The van der Waals surface area contributed by atoms with Crippen molar-refractivity contribution >= 4 is 23.8 Å². The van der Waals surface area contributed by atoms with Gasteiger partial charge in [-0.1, -0.05) is 31.2 Å². The summed E-state index contributed by atoms with van der Waals surface area (Å²) in [5, 5.41) is 2.57. The molecule has 1 N–H and O–H groups in total. The van der Waals surface area contributed by atoms with Crippen LogP contribution in [0.4, 0.5) is 4.79 Å². The van der Waals surface area contributed by atoms with E-state index in [1.807, 2.05) is 24.3 Å². The van der Waals surface area contributed by atoms with E-state index in [4.69, 9.17) is 4.74 Å². The zero-order valence-corrected chi connectivity index (χ0v) is 15.5. The number of hydrogen-bond acceptors (Lipinski definition) is 5. The molecule has 0 spiro atoms. The first-order chi connectivity index (χ1) is 12.8. The van der Waals surface area contributed by atoms with Crippen LogP contribution in [0.25, 0.3) is 0 Å². The predicted molar refractivity (Wildman–Crippen MR) is 95.5 cm³/mol. The number of carbonyl (C=O) groups is 4. The molecule has 8 nitrogen and oxygen atoms in total. The zero-order valence-electron chi connectivity index (χ0n) is 15.5. The van der Waals surface area contributed by atoms with Crippen molar-refractivity contribution in [2.45, 2.75) is 38.8 Å². The number of carbonyl (C=O) groups excluding carboxylic acids is 4. The van der Waals surface area contributed by atoms with E-state index < -0.39 is 36.6 Å². The Kier molecular flexibility index (Phi) is 5.16. The van der Waals surface area contributed by atoms with Crippen LogP contribution in [0.2, 0.25) is 0 Å². The third-order valence-electron chi connectivity index (χ3n) is 5.18. The second-order valence-corrected chi connectivity index (χ2v) is 7.00. The average molecular weight is 373 g/mol. The number of nitrogens with one attached hydrogen (secondary N) is 1. The molecule has 1 aromatic carbocycles. The highest BCUT2D eigenvalue weighted by molar-refractivity contribution is 6.08. The third kappa shape index (κ3) is 3.79. The van der Waals surface area contributed by atoms with Crippen molar-refractivity contribution in [1.29, 1.82) is 0 Å². The maximum absolute atomic E-state index is 12.3. The predicted octanol–water partition coefficient (Wildman–Crippen LogP) is 0.835. The molecule has 0 aliphatic carbocycles. The van der Waals surface area contributed by atoms with Crippen LogP contribution in [0, 0.1) is 0 Å². The SMILES string of the molecule is CC[C@]1(C)NC(=O)N(CC(=O)OCC(=O)N2CCc3ccccc3C2)C1=O. The number of esters is 1. The van der Waals surface area contributed by atoms with Crippen molar-refractivity contribution in [3.05, 3.63) is 35.4 Å². The Morgan fingerprint density at radius 2 is 1.93 bits per heavy atom. The number of fused-ring (bicyclic) bond motifs is 1. The molecule has 2 aliphatic heterocycles. The molecular formula is C19H23N3O5. The lowest BCUT2D eigenvalue weighted by atomic mass is 9.99. The van der Waals surface area contributed by atoms with E-state index in [1.165, 1.54) is 5.56 Å². The number of amides is 4. The number of imide groups is 1. The maximum Gasteiger partial charge on any atom is 0.326 e. The third-order valence-corrected chi connectivity index (χ3v) is 5.18. The van der Waals surface area contributed by atoms with E-state index >= 15 is 0 Å². The number of rotatable bonds is 5. The second-order valence-electron chi connectivity index (χ2n) is 7.00. The van der Waals surface area contributed by atoms with Crippen LogP contribution in [0.5, 0.6) is 0 Å². The molecule has 27 heavy (non-hydrogen) atoms. The molecule has 0 bridgehead atoms. The van der Waals surface area contributed by atoms with Crippen LogP contribution in [0.1, 0.15) is 31.4 Å². The van der Waals surface area contributed by atoms with Gasteiger partial charge in [0.25, 0.3) is 11.8 Å². The van der Waals surface area contributed by atoms with E-state index in [1.54, 1.807) is 18.7 Å². The summed E-state index contributed by atoms with van der Waals surface area (Å²) in [6.45, 7) is 3.52. The van der Waals surface area contributed by atoms with Crippen LogP contribution in [-0.2, 0) is 32.1 Å². The summed E-state index contributed by atoms with van der Waals surface area (Å²) < 4.78 is 5.00. The first kappa shape index (κ1) is 18.9. The Hall–Kier alpha value is -2.90. The Morgan fingerprint density at radius 1 is 1.22 bits per heavy atom. The molecule has 8 heteroatoms. The van der Waals surface area contributed by atoms with E-state index in [9.17, 15) is 19.2 Å². The van der Waals surface area contributed by atoms with Crippen LogP contribution < -0.4 is 5.32 Å². The number of urea groups is 1. The van der Waals surface area contributed by atoms with Crippen molar-refractivity contribution in [1.82, 2.24) is 15.1 Å². The van der Waals surface area contributed by atoms with Crippen LogP contribution in [0.3, 0.4) is 0 Å². The van der Waals surface area contributed by atoms with E-state index in [-0.39, 0.29) is 5.91 Å². The molecule has 4 amide bonds. The first-order valence-electron chi connectivity index (χ1n) is 8.98. The minimum Gasteiger partial charge on any atom is -0.454 e. The van der Waals surface area contributed by atoms with Crippen LogP contribution >= 0.6 is 0 Å². The minimum atomic E-state index is -1.01. The zero-order chi connectivity index (χ0) is 19.6. The van der Waals surface area contributed by atoms with Gasteiger partial charge in [0, 0.05) is 13.1 Å². The first-order valence-corrected chi connectivity index (χ1v) is 8.98. The summed E-state index contributed by atoms with van der Waals surface area (Å²) in [4.78, 5) is 51.0. The largest absolute Gasteiger partial charge is 0.454 e. The fraction of sp³-hybridized carbons (Fsp3) is 0.474. The van der Waals surface area contributed by atoms with Crippen molar-refractivity contribution in [3.63, 3.8) is 0 Å². The molecule has 0 unspecified atom stereocenters. The highest BCUT2D eigenvalue weighted by atomic mass is 16.5. The molecule has 0 saturated carbocycles. The molecule has 1 atom stereocenters. The molecule has 1 saturated heterocycles. The van der Waals surface area contributed by atoms with Gasteiger partial charge in [0.05, 0.1) is 0 Å². The lowest BCUT2D eigenvalue weighted by Gasteiger charge is -2.28. The number of ether oxygens (including phenoxy) is 1. The smallest absolute Gasteiger partial charge is 0.326 e. The molecule has 2 aliphatic rings. The summed E-state index contributed by atoms with van der Waals surface area (Å²) in [7, 11) is 0. The van der Waals surface area contributed by atoms with Crippen molar-refractivity contribution < 1.29 is 23.9 Å². The van der Waals surface area contributed by atoms with Crippen molar-refractivity contribution in [3.8, 4) is 0 Å². The van der Waals surface area contributed by atoms with Gasteiger partial charge in [0.1, 0.15) is 12.1 Å². The van der Waals surface area contributed by atoms with Gasteiger partial charge >= 0.3 is 12.0 Å². The summed E-state index contributed by atoms with van der Waals surface area (Å²) >= 11 is 0. The molecule has 3 rings (SSSR count). The Bertz CT molecular complexity index is 793. The molecular weight excluding hydrogens is 350 g/mol. The molecule has 1 fully saturated rings. The Morgan fingerprint density at radius 3 is 2.59 bits per heavy atom. The fourth-order valence-corrected chi connectivity index (χ4v) is 3.25. The quantitative estimate of drug-likeness (QED) is 0.609. The summed E-state index contributed by atoms with van der Waals surface area (Å²) in [6, 6.07) is 7.29. The van der Waals surface area contributed by atoms with Gasteiger partial charge in [0.15, 0.2) is 6.61 Å². The standard InChI is InChI=1S/C19H23N3O5/c1-3-19(2)17(25)22(18(26)20-19)11-16(24)27-12-15(23)21-9-8-13-6-4-5-7-14(13)10-21/h4-7H,3,8-12H2,1-2H3,(H,20,26)/t19-/m0/s1. The second kappa shape index (κ2) is 7.38. The number of nitrogens with zero attached hydrogens (tertiary/aromatic N) is 2. The summed E-state index contributed by atoms with van der Waals surface area (Å²) in [6.07, 6.45) is 1.17. The fourth-order valence-electron chi connectivity index (χ4n) is 3.25. The van der Waals surface area contributed by atoms with Gasteiger partial charge in [0.2, 0.25) is 0 Å². The number of benzene rings is 1. The summed E-state index contributed by atoms with van der Waals surface area (Å²) in [5.74, 6) is -1.55. The van der Waals surface area contributed by atoms with E-state index in [0.29, 0.717) is 19.5 Å². The molecule has 0 aromatic heterocycles. The molecule has 1 aromatic rings. The lowest BCUT2D eigenvalue weighted by molar-refractivity contribution is -0.154. The van der Waals surface area contributed by atoms with Gasteiger partial charge in [-0.05, 0) is 30.9 Å². The summed E-state index contributed by atoms with van der Waals surface area (Å²) in [5.41, 5.74) is 1.30. The normalized spacial score (nSPS) is 21.7. The monoisotopic (exact) mass is 373 g/mol. The topological polar surface area (TPSA) is 96.0 Å². The van der Waals surface area contributed by atoms with Crippen molar-refractivity contribution in [2.24, 2.45) is 0 Å². The molecule has 0 radical (unpaired) electrons. The number of hydrogen-bond donors (Lipinski definition) is 1. The average Bonchev–Trinajstić information content (AvgIpc) is 2.89. The molecule has 144 valence electrons. The van der Waals surface area contributed by atoms with Gasteiger partial charge in [-0.3, -0.25) is 19.3 Å². The van der Waals surface area contributed by atoms with Crippen LogP contribution in [-0.4, -0.2) is 58.8 Å². The Labute approximate surface area is 157 Å². The van der Waals surface area contributed by atoms with E-state index in [0.717, 1.165) is 16.9 Å². The molecule has 2 heterocycles. The van der Waals surface area contributed by atoms with Gasteiger partial charge in [-0.15, -0.1) is 0 Å². The Balaban J connectivity index is 1.50. The highest BCUT2D eigenvalue weighted by Gasteiger charge is 2.47. The highest BCUT2D eigenvalue weighted by Crippen LogP contribution is 2.21. The van der Waals surface area contributed by atoms with Gasteiger partial charge < -0.3 is 15.0 Å². The maximum atomic E-state index is 12.3. The van der Waals surface area contributed by atoms with E-state index in [2.05, 4.69) is 5.32 Å².